The van der Waals surface area contributed by atoms with E-state index in [4.69, 9.17) is 14.9 Å². The van der Waals surface area contributed by atoms with Crippen LogP contribution in [0.5, 0.6) is 0 Å². The predicted molar refractivity (Wildman–Crippen MR) is 80.6 cm³/mol. The molecular formula is C16H17NO5. The Morgan fingerprint density at radius 3 is 1.68 bits per heavy atom. The molecule has 6 heteroatoms. The normalized spacial score (nSPS) is 11.0. The minimum absolute atomic E-state index is 0.525. The lowest BCUT2D eigenvalue weighted by Crippen LogP contribution is -2.45. The van der Waals surface area contributed by atoms with Crippen LogP contribution in [0.25, 0.3) is 0 Å². The van der Waals surface area contributed by atoms with Crippen molar-refractivity contribution in [3.63, 3.8) is 0 Å². The Kier molecular flexibility index (Phi) is 5.11. The lowest BCUT2D eigenvalue weighted by molar-refractivity contribution is -0.205. The predicted octanol–water partition coefficient (Wildman–Crippen LogP) is 1.63. The van der Waals surface area contributed by atoms with Crippen LogP contribution in [0.15, 0.2) is 60.7 Å². The number of hydrogen-bond donors (Lipinski definition) is 3. The van der Waals surface area contributed by atoms with Crippen LogP contribution in [-0.2, 0) is 4.74 Å². The first kappa shape index (κ1) is 16.0. The summed E-state index contributed by atoms with van der Waals surface area (Å²) in [5, 5.41) is 27.9. The van der Waals surface area contributed by atoms with Crippen LogP contribution in [0.4, 0.5) is 16.2 Å². The van der Waals surface area contributed by atoms with Crippen LogP contribution in [0.2, 0.25) is 0 Å². The maximum Gasteiger partial charge on any atom is 0.421 e. The van der Waals surface area contributed by atoms with Crippen LogP contribution in [0.3, 0.4) is 0 Å². The molecule has 0 unspecified atom stereocenters. The second-order valence-electron chi connectivity index (χ2n) is 4.64. The number of anilines is 2. The topological polar surface area (TPSA) is 90.2 Å². The summed E-state index contributed by atoms with van der Waals surface area (Å²) < 4.78 is 4.85. The van der Waals surface area contributed by atoms with Crippen LogP contribution in [0, 0.1) is 0 Å². The van der Waals surface area contributed by atoms with Gasteiger partial charge in [0.15, 0.2) is 0 Å². The molecule has 2 aromatic rings. The molecule has 6 nitrogen and oxygen atoms in total. The van der Waals surface area contributed by atoms with Crippen molar-refractivity contribution in [1.29, 1.82) is 0 Å². The van der Waals surface area contributed by atoms with Crippen molar-refractivity contribution in [2.75, 3.05) is 18.1 Å². The molecule has 1 amide bonds. The molecule has 0 aliphatic rings. The lowest BCUT2D eigenvalue weighted by Gasteiger charge is -2.28. The van der Waals surface area contributed by atoms with Crippen LogP contribution in [-0.4, -0.2) is 40.4 Å². The molecule has 0 fully saturated rings. The summed E-state index contributed by atoms with van der Waals surface area (Å²) in [5.74, 6) is -2.33. The fourth-order valence-corrected chi connectivity index (χ4v) is 1.84. The van der Waals surface area contributed by atoms with Gasteiger partial charge >= 0.3 is 6.09 Å². The van der Waals surface area contributed by atoms with Crippen molar-refractivity contribution in [3.05, 3.63) is 60.7 Å². The van der Waals surface area contributed by atoms with E-state index in [1.165, 1.54) is 4.90 Å². The Hall–Kier alpha value is -2.41. The molecular weight excluding hydrogens is 286 g/mol. The first-order valence-electron chi connectivity index (χ1n) is 6.67. The SMILES string of the molecule is O=C(OC(O)(CO)CO)N(c1ccccc1)c1ccccc1. The van der Waals surface area contributed by atoms with Crippen molar-refractivity contribution in [2.45, 2.75) is 5.79 Å². The molecule has 22 heavy (non-hydrogen) atoms. The largest absolute Gasteiger partial charge is 0.421 e. The molecule has 116 valence electrons. The molecule has 2 rings (SSSR count). The van der Waals surface area contributed by atoms with Crippen LogP contribution in [0.1, 0.15) is 0 Å². The number of aliphatic hydroxyl groups is 3. The number of amides is 1. The third-order valence-corrected chi connectivity index (χ3v) is 2.98. The number of rotatable bonds is 5. The first-order chi connectivity index (χ1) is 10.6. The highest BCUT2D eigenvalue weighted by Gasteiger charge is 2.33. The molecule has 0 aliphatic heterocycles. The molecule has 3 N–H and O–H groups in total. The molecule has 0 atom stereocenters. The summed E-state index contributed by atoms with van der Waals surface area (Å²) in [7, 11) is 0. The Bertz CT molecular complexity index is 559. The number of ether oxygens (including phenoxy) is 1. The lowest BCUT2D eigenvalue weighted by atomic mass is 10.2. The van der Waals surface area contributed by atoms with E-state index in [9.17, 15) is 9.90 Å². The Balaban J connectivity index is 2.35. The van der Waals surface area contributed by atoms with Gasteiger partial charge in [-0.3, -0.25) is 0 Å². The van der Waals surface area contributed by atoms with Crippen molar-refractivity contribution < 1.29 is 24.9 Å². The maximum absolute atomic E-state index is 12.4. The summed E-state index contributed by atoms with van der Waals surface area (Å²) in [4.78, 5) is 13.6. The van der Waals surface area contributed by atoms with E-state index in [2.05, 4.69) is 0 Å². The second kappa shape index (κ2) is 7.04. The highest BCUT2D eigenvalue weighted by atomic mass is 16.7. The molecule has 0 aliphatic carbocycles. The van der Waals surface area contributed by atoms with E-state index in [-0.39, 0.29) is 0 Å². The van der Waals surface area contributed by atoms with Gasteiger partial charge in [0, 0.05) is 0 Å². The standard InChI is InChI=1S/C16H17NO5/c18-11-16(21,12-19)22-15(20)17(13-7-3-1-4-8-13)14-9-5-2-6-10-14/h1-10,18-19,21H,11-12H2. The van der Waals surface area contributed by atoms with Crippen molar-refractivity contribution >= 4 is 17.5 Å². The highest BCUT2D eigenvalue weighted by molar-refractivity contribution is 5.96. The van der Waals surface area contributed by atoms with E-state index in [1.807, 2.05) is 0 Å². The van der Waals surface area contributed by atoms with Gasteiger partial charge in [0.05, 0.1) is 11.4 Å². The fourth-order valence-electron chi connectivity index (χ4n) is 1.84. The summed E-state index contributed by atoms with van der Waals surface area (Å²) in [5.41, 5.74) is 1.05. The van der Waals surface area contributed by atoms with Gasteiger partial charge in [-0.25, -0.2) is 9.69 Å². The van der Waals surface area contributed by atoms with Gasteiger partial charge in [0.2, 0.25) is 0 Å². The number of carbonyl (C=O) groups excluding carboxylic acids is 1. The van der Waals surface area contributed by atoms with Crippen molar-refractivity contribution in [2.24, 2.45) is 0 Å². The average molecular weight is 303 g/mol. The third-order valence-electron chi connectivity index (χ3n) is 2.98. The van der Waals surface area contributed by atoms with Gasteiger partial charge in [-0.15, -0.1) is 0 Å². The van der Waals surface area contributed by atoms with E-state index in [0.29, 0.717) is 11.4 Å². The zero-order valence-corrected chi connectivity index (χ0v) is 11.8. The minimum atomic E-state index is -2.33. The van der Waals surface area contributed by atoms with E-state index >= 15 is 0 Å². The number of aliphatic hydroxyl groups excluding tert-OH is 2. The molecule has 0 aromatic heterocycles. The molecule has 0 heterocycles. The number of para-hydroxylation sites is 2. The van der Waals surface area contributed by atoms with Gasteiger partial charge in [-0.2, -0.15) is 0 Å². The first-order valence-corrected chi connectivity index (χ1v) is 6.67. The number of carbonyl (C=O) groups is 1. The second-order valence-corrected chi connectivity index (χ2v) is 4.64. The van der Waals surface area contributed by atoms with Gasteiger partial charge in [0.25, 0.3) is 5.79 Å². The maximum atomic E-state index is 12.4. The molecule has 0 saturated heterocycles. The van der Waals surface area contributed by atoms with Crippen molar-refractivity contribution in [1.82, 2.24) is 0 Å². The average Bonchev–Trinajstić information content (AvgIpc) is 2.57. The van der Waals surface area contributed by atoms with E-state index in [0.717, 1.165) is 0 Å². The number of nitrogens with zero attached hydrogens (tertiary/aromatic N) is 1. The van der Waals surface area contributed by atoms with Crippen LogP contribution >= 0.6 is 0 Å². The van der Waals surface area contributed by atoms with Crippen molar-refractivity contribution in [3.8, 4) is 0 Å². The Morgan fingerprint density at radius 1 is 0.909 bits per heavy atom. The van der Waals surface area contributed by atoms with Gasteiger partial charge < -0.3 is 20.1 Å². The summed E-state index contributed by atoms with van der Waals surface area (Å²) in [6, 6.07) is 17.4. The third kappa shape index (κ3) is 3.62. The molecule has 2 aromatic carbocycles. The molecule has 0 radical (unpaired) electrons. The zero-order chi connectivity index (χ0) is 16.0. The summed E-state index contributed by atoms with van der Waals surface area (Å²) in [6.07, 6.45) is -0.914. The smallest absolute Gasteiger partial charge is 0.411 e. The van der Waals surface area contributed by atoms with E-state index < -0.39 is 25.1 Å². The number of hydrogen-bond acceptors (Lipinski definition) is 5. The fraction of sp³-hybridized carbons (Fsp3) is 0.188. The van der Waals surface area contributed by atoms with E-state index in [1.54, 1.807) is 60.7 Å². The van der Waals surface area contributed by atoms with Gasteiger partial charge in [0.1, 0.15) is 13.2 Å². The van der Waals surface area contributed by atoms with Gasteiger partial charge in [-0.1, -0.05) is 36.4 Å². The minimum Gasteiger partial charge on any atom is -0.411 e. The monoisotopic (exact) mass is 303 g/mol. The summed E-state index contributed by atoms with van der Waals surface area (Å²) in [6.45, 7) is -1.82. The summed E-state index contributed by atoms with van der Waals surface area (Å²) >= 11 is 0. The highest BCUT2D eigenvalue weighted by Crippen LogP contribution is 2.26. The van der Waals surface area contributed by atoms with Crippen LogP contribution < -0.4 is 4.90 Å². The van der Waals surface area contributed by atoms with Gasteiger partial charge in [-0.05, 0) is 24.3 Å². The zero-order valence-electron chi connectivity index (χ0n) is 11.8. The Labute approximate surface area is 127 Å². The molecule has 0 saturated carbocycles. The molecule has 0 bridgehead atoms. The molecule has 0 spiro atoms. The number of benzene rings is 2. The quantitative estimate of drug-likeness (QED) is 0.730. The Morgan fingerprint density at radius 2 is 1.32 bits per heavy atom.